The number of nitrogens with zero attached hydrogens (tertiary/aromatic N) is 4. The number of aromatic amines is 1. The second-order valence-electron chi connectivity index (χ2n) is 10.8. The number of imidazole rings is 1. The number of aromatic nitrogens is 4. The van der Waals surface area contributed by atoms with Gasteiger partial charge in [0.05, 0.1) is 17.3 Å². The average Bonchev–Trinajstić information content (AvgIpc) is 3.46. The van der Waals surface area contributed by atoms with Crippen molar-refractivity contribution in [2.75, 3.05) is 18.0 Å². The van der Waals surface area contributed by atoms with Crippen molar-refractivity contribution < 1.29 is 9.18 Å². The fourth-order valence-corrected chi connectivity index (χ4v) is 6.59. The predicted octanol–water partition coefficient (Wildman–Crippen LogP) is 3.58. The molecule has 2 N–H and O–H groups in total. The summed E-state index contributed by atoms with van der Waals surface area (Å²) in [7, 11) is 0. The van der Waals surface area contributed by atoms with E-state index < -0.39 is 6.17 Å². The van der Waals surface area contributed by atoms with Crippen LogP contribution in [0.4, 0.5) is 10.1 Å². The van der Waals surface area contributed by atoms with Crippen LogP contribution < -0.4 is 15.8 Å². The predicted molar refractivity (Wildman–Crippen MR) is 134 cm³/mol. The Bertz CT molecular complexity index is 1550. The molecule has 4 aromatic rings. The number of benzene rings is 1. The number of nitrogens with one attached hydrogen (secondary N) is 2. The van der Waals surface area contributed by atoms with Crippen molar-refractivity contribution in [2.45, 2.75) is 50.2 Å². The first-order valence-corrected chi connectivity index (χ1v) is 12.6. The Labute approximate surface area is 206 Å². The summed E-state index contributed by atoms with van der Waals surface area (Å²) in [6.45, 7) is 1.10. The number of anilines is 1. The lowest BCUT2D eigenvalue weighted by molar-refractivity contribution is -0.0197. The maximum atomic E-state index is 13.6. The first-order valence-electron chi connectivity index (χ1n) is 12.6. The highest BCUT2D eigenvalue weighted by Gasteiger charge is 2.54. The molecule has 1 aliphatic heterocycles. The summed E-state index contributed by atoms with van der Waals surface area (Å²) >= 11 is 0. The van der Waals surface area contributed by atoms with Crippen molar-refractivity contribution in [2.24, 2.45) is 5.41 Å². The van der Waals surface area contributed by atoms with Crippen molar-refractivity contribution in [1.29, 1.82) is 0 Å². The van der Waals surface area contributed by atoms with Gasteiger partial charge in [0.25, 0.3) is 11.5 Å². The number of hydrogen-bond donors (Lipinski definition) is 2. The molecule has 0 radical (unpaired) electrons. The van der Waals surface area contributed by atoms with Crippen molar-refractivity contribution in [3.05, 3.63) is 70.5 Å². The SMILES string of the molecule is O=C(NC1CC2(C1)CC(c1n[nH]c(=O)c3ccccc13)C2)c1cnc2cc(N3CC[C@@H](F)C3)ccn12. The van der Waals surface area contributed by atoms with Gasteiger partial charge < -0.3 is 10.2 Å². The molecule has 1 aromatic carbocycles. The van der Waals surface area contributed by atoms with Gasteiger partial charge in [-0.05, 0) is 49.7 Å². The lowest BCUT2D eigenvalue weighted by Crippen LogP contribution is -2.55. The molecule has 3 fully saturated rings. The molecule has 0 bridgehead atoms. The molecule has 9 heteroatoms. The highest BCUT2D eigenvalue weighted by molar-refractivity contribution is 5.93. The molecule has 4 heterocycles. The Morgan fingerprint density at radius 1 is 1.14 bits per heavy atom. The third-order valence-electron chi connectivity index (χ3n) is 8.39. The van der Waals surface area contributed by atoms with Gasteiger partial charge in [0.2, 0.25) is 0 Å². The summed E-state index contributed by atoms with van der Waals surface area (Å²) in [5.74, 6) is 0.212. The summed E-state index contributed by atoms with van der Waals surface area (Å²) in [6, 6.07) is 11.6. The Morgan fingerprint density at radius 3 is 2.72 bits per heavy atom. The van der Waals surface area contributed by atoms with E-state index in [4.69, 9.17) is 0 Å². The molecule has 1 saturated heterocycles. The van der Waals surface area contributed by atoms with E-state index in [-0.39, 0.29) is 22.9 Å². The number of fused-ring (bicyclic) bond motifs is 2. The van der Waals surface area contributed by atoms with Gasteiger partial charge in [-0.25, -0.2) is 14.5 Å². The van der Waals surface area contributed by atoms with E-state index in [2.05, 4.69) is 20.5 Å². The second-order valence-corrected chi connectivity index (χ2v) is 10.8. The van der Waals surface area contributed by atoms with Crippen molar-refractivity contribution >= 4 is 28.0 Å². The fourth-order valence-electron chi connectivity index (χ4n) is 6.59. The molecular weight excluding hydrogens is 459 g/mol. The van der Waals surface area contributed by atoms with Gasteiger partial charge in [0.1, 0.15) is 17.5 Å². The molecule has 0 unspecified atom stereocenters. The smallest absolute Gasteiger partial charge is 0.272 e. The molecule has 1 atom stereocenters. The number of amides is 1. The van der Waals surface area contributed by atoms with E-state index >= 15 is 0 Å². The average molecular weight is 487 g/mol. The molecule has 1 spiro atoms. The van der Waals surface area contributed by atoms with Gasteiger partial charge in [0, 0.05) is 48.4 Å². The van der Waals surface area contributed by atoms with Crippen LogP contribution in [-0.2, 0) is 0 Å². The minimum absolute atomic E-state index is 0.121. The Hall–Kier alpha value is -3.75. The standard InChI is InChI=1S/C27H27FN6O2/c28-17-5-7-33(15-17)19-6-8-34-22(14-29-23(34)9-19)26(36)30-18-12-27(13-18)10-16(11-27)24-20-3-1-2-4-21(20)25(35)32-31-24/h1-4,6,8-9,14,16-18H,5,7,10-13,15H2,(H,30,36)(H,32,35)/t16?,17-,18?,27?/m1/s1. The van der Waals surface area contributed by atoms with Crippen molar-refractivity contribution in [1.82, 2.24) is 24.9 Å². The van der Waals surface area contributed by atoms with Crippen LogP contribution in [0.25, 0.3) is 16.4 Å². The Morgan fingerprint density at radius 2 is 1.94 bits per heavy atom. The Kier molecular flexibility index (Phi) is 4.71. The van der Waals surface area contributed by atoms with Crippen LogP contribution in [0.5, 0.6) is 0 Å². The monoisotopic (exact) mass is 486 g/mol. The van der Waals surface area contributed by atoms with Crippen molar-refractivity contribution in [3.63, 3.8) is 0 Å². The number of rotatable bonds is 4. The molecule has 7 rings (SSSR count). The van der Waals surface area contributed by atoms with Gasteiger partial charge in [-0.1, -0.05) is 18.2 Å². The van der Waals surface area contributed by atoms with Gasteiger partial charge >= 0.3 is 0 Å². The molecule has 36 heavy (non-hydrogen) atoms. The van der Waals surface area contributed by atoms with Gasteiger partial charge in [-0.2, -0.15) is 5.10 Å². The van der Waals surface area contributed by atoms with Crippen LogP contribution in [-0.4, -0.2) is 50.8 Å². The van der Waals surface area contributed by atoms with E-state index in [9.17, 15) is 14.0 Å². The summed E-state index contributed by atoms with van der Waals surface area (Å²) in [4.78, 5) is 31.5. The lowest BCUT2D eigenvalue weighted by atomic mass is 9.49. The maximum absolute atomic E-state index is 13.6. The summed E-state index contributed by atoms with van der Waals surface area (Å²) < 4.78 is 15.4. The molecule has 8 nitrogen and oxygen atoms in total. The molecule has 3 aliphatic rings. The number of hydrogen-bond acceptors (Lipinski definition) is 5. The van der Waals surface area contributed by atoms with Gasteiger partial charge in [-0.15, -0.1) is 0 Å². The van der Waals surface area contributed by atoms with E-state index in [0.29, 0.717) is 42.2 Å². The van der Waals surface area contributed by atoms with Crippen LogP contribution in [0.3, 0.4) is 0 Å². The van der Waals surface area contributed by atoms with Crippen LogP contribution >= 0.6 is 0 Å². The first kappa shape index (κ1) is 21.5. The van der Waals surface area contributed by atoms with E-state index in [1.54, 1.807) is 10.6 Å². The number of carbonyl (C=O) groups is 1. The normalized spacial score (nSPS) is 27.4. The summed E-state index contributed by atoms with van der Waals surface area (Å²) in [5, 5.41) is 11.8. The number of H-pyrrole nitrogens is 1. The minimum Gasteiger partial charge on any atom is -0.368 e. The van der Waals surface area contributed by atoms with Crippen LogP contribution in [0.2, 0.25) is 0 Å². The lowest BCUT2D eigenvalue weighted by Gasteiger charge is -2.57. The zero-order valence-electron chi connectivity index (χ0n) is 19.8. The zero-order valence-corrected chi connectivity index (χ0v) is 19.8. The molecule has 3 aromatic heterocycles. The third kappa shape index (κ3) is 3.40. The zero-order chi connectivity index (χ0) is 24.4. The number of carbonyl (C=O) groups excluding carboxylic acids is 1. The quantitative estimate of drug-likeness (QED) is 0.460. The number of alkyl halides is 1. The molecule has 2 saturated carbocycles. The number of halogens is 1. The molecule has 1 amide bonds. The molecule has 184 valence electrons. The van der Waals surface area contributed by atoms with E-state index in [1.807, 2.05) is 47.5 Å². The maximum Gasteiger partial charge on any atom is 0.272 e. The fraction of sp³-hybridized carbons (Fsp3) is 0.407. The minimum atomic E-state index is -0.786. The van der Waals surface area contributed by atoms with E-state index in [1.165, 1.54) is 0 Å². The highest BCUT2D eigenvalue weighted by atomic mass is 19.1. The summed E-state index contributed by atoms with van der Waals surface area (Å²) in [6.07, 6.45) is 7.18. The van der Waals surface area contributed by atoms with Crippen molar-refractivity contribution in [3.8, 4) is 0 Å². The van der Waals surface area contributed by atoms with E-state index in [0.717, 1.165) is 42.5 Å². The molecular formula is C27H27FN6O2. The molecule has 2 aliphatic carbocycles. The number of pyridine rings is 1. The third-order valence-corrected chi connectivity index (χ3v) is 8.39. The van der Waals surface area contributed by atoms with Crippen LogP contribution in [0.1, 0.15) is 54.2 Å². The van der Waals surface area contributed by atoms with Crippen LogP contribution in [0.15, 0.2) is 53.6 Å². The van der Waals surface area contributed by atoms with Gasteiger partial charge in [-0.3, -0.25) is 14.0 Å². The second kappa shape index (κ2) is 7.88. The Balaban J connectivity index is 0.992. The topological polar surface area (TPSA) is 95.4 Å². The van der Waals surface area contributed by atoms with Crippen LogP contribution in [0, 0.1) is 5.41 Å². The summed E-state index contributed by atoms with van der Waals surface area (Å²) in [5.41, 5.74) is 3.21. The largest absolute Gasteiger partial charge is 0.368 e. The highest BCUT2D eigenvalue weighted by Crippen LogP contribution is 2.62. The van der Waals surface area contributed by atoms with Gasteiger partial charge in [0.15, 0.2) is 0 Å². The first-order chi connectivity index (χ1) is 17.5.